The van der Waals surface area contributed by atoms with Crippen LogP contribution in [0, 0.1) is 24.2 Å². The molecule has 2 heteroatoms. The van der Waals surface area contributed by atoms with Gasteiger partial charge in [0.15, 0.2) is 0 Å². The zero-order chi connectivity index (χ0) is 17.7. The fourth-order valence-corrected chi connectivity index (χ4v) is 2.37. The quantitative estimate of drug-likeness (QED) is 0.821. The van der Waals surface area contributed by atoms with E-state index in [-0.39, 0.29) is 5.41 Å². The molecule has 0 saturated carbocycles. The lowest BCUT2D eigenvalue weighted by Gasteiger charge is -2.25. The van der Waals surface area contributed by atoms with Crippen LogP contribution in [-0.4, -0.2) is 23.6 Å². The number of hydrogen-bond donors (Lipinski definition) is 1. The van der Waals surface area contributed by atoms with Crippen LogP contribution < -0.4 is 0 Å². The van der Waals surface area contributed by atoms with Crippen LogP contribution in [0.4, 0.5) is 0 Å². The molecule has 0 atom stereocenters. The zero-order valence-corrected chi connectivity index (χ0v) is 15.7. The maximum Gasteiger partial charge on any atom is 0.0843 e. The molecule has 0 aliphatic heterocycles. The maximum atomic E-state index is 10.4. The summed E-state index contributed by atoms with van der Waals surface area (Å²) >= 11 is 0. The van der Waals surface area contributed by atoms with Crippen molar-refractivity contribution in [2.24, 2.45) is 5.41 Å². The van der Waals surface area contributed by atoms with Crippen molar-refractivity contribution in [3.8, 4) is 11.8 Å². The van der Waals surface area contributed by atoms with E-state index >= 15 is 0 Å². The van der Waals surface area contributed by atoms with E-state index in [1.807, 2.05) is 32.1 Å². The summed E-state index contributed by atoms with van der Waals surface area (Å²) < 4.78 is 0. The highest BCUT2D eigenvalue weighted by molar-refractivity contribution is 5.37. The Morgan fingerprint density at radius 1 is 1.17 bits per heavy atom. The second kappa shape index (κ2) is 7.81. The molecule has 0 aromatic heterocycles. The number of nitrogens with zero attached hydrogens (tertiary/aromatic N) is 1. The Morgan fingerprint density at radius 2 is 1.83 bits per heavy atom. The van der Waals surface area contributed by atoms with Crippen molar-refractivity contribution in [3.63, 3.8) is 0 Å². The van der Waals surface area contributed by atoms with Crippen LogP contribution >= 0.6 is 0 Å². The van der Waals surface area contributed by atoms with Gasteiger partial charge in [-0.25, -0.2) is 0 Å². The first kappa shape index (κ1) is 19.5. The lowest BCUT2D eigenvalue weighted by Crippen LogP contribution is -2.24. The summed E-state index contributed by atoms with van der Waals surface area (Å²) in [5.74, 6) is 6.29. The molecule has 0 amide bonds. The standard InChI is InChI=1S/C21H31NO/c1-17-12-11-13-19(21(5,6)23)18(17)16-22(7)15-10-8-9-14-20(2,3)4/h8,10-13,23H,15-16H2,1-7H3/b10-8+. The second-order valence-corrected chi connectivity index (χ2v) is 7.78. The summed E-state index contributed by atoms with van der Waals surface area (Å²) in [6, 6.07) is 6.12. The molecular formula is C21H31NO. The highest BCUT2D eigenvalue weighted by atomic mass is 16.3. The number of likely N-dealkylation sites (N-methyl/N-ethyl adjacent to an activating group) is 1. The number of benzene rings is 1. The lowest BCUT2D eigenvalue weighted by atomic mass is 9.90. The van der Waals surface area contributed by atoms with Gasteiger partial charge in [-0.15, -0.1) is 0 Å². The average molecular weight is 313 g/mol. The predicted octanol–water partition coefficient (Wildman–Crippen LogP) is 4.26. The van der Waals surface area contributed by atoms with Gasteiger partial charge in [0.05, 0.1) is 5.60 Å². The first-order chi connectivity index (χ1) is 10.5. The lowest BCUT2D eigenvalue weighted by molar-refractivity contribution is 0.0768. The van der Waals surface area contributed by atoms with Crippen molar-refractivity contribution in [2.75, 3.05) is 13.6 Å². The van der Waals surface area contributed by atoms with Gasteiger partial charge >= 0.3 is 0 Å². The van der Waals surface area contributed by atoms with Crippen molar-refractivity contribution in [2.45, 2.75) is 53.7 Å². The van der Waals surface area contributed by atoms with Gasteiger partial charge in [0.1, 0.15) is 0 Å². The second-order valence-electron chi connectivity index (χ2n) is 7.78. The third-order valence-corrected chi connectivity index (χ3v) is 3.56. The van der Waals surface area contributed by atoms with Gasteiger partial charge < -0.3 is 5.11 Å². The van der Waals surface area contributed by atoms with Gasteiger partial charge in [-0.05, 0) is 71.4 Å². The molecule has 0 radical (unpaired) electrons. The molecule has 126 valence electrons. The van der Waals surface area contributed by atoms with Crippen LogP contribution in [0.5, 0.6) is 0 Å². The summed E-state index contributed by atoms with van der Waals surface area (Å²) in [4.78, 5) is 2.23. The summed E-state index contributed by atoms with van der Waals surface area (Å²) in [6.07, 6.45) is 4.01. The smallest absolute Gasteiger partial charge is 0.0843 e. The molecule has 2 nitrogen and oxygen atoms in total. The number of hydrogen-bond acceptors (Lipinski definition) is 2. The van der Waals surface area contributed by atoms with E-state index in [0.717, 1.165) is 18.7 Å². The van der Waals surface area contributed by atoms with E-state index in [1.165, 1.54) is 11.1 Å². The number of aryl methyl sites for hydroxylation is 1. The molecule has 0 heterocycles. The topological polar surface area (TPSA) is 23.5 Å². The molecule has 0 spiro atoms. The average Bonchev–Trinajstić information content (AvgIpc) is 2.38. The molecule has 1 N–H and O–H groups in total. The SMILES string of the molecule is Cc1cccc(C(C)(C)O)c1CN(C)C/C=C/C#CC(C)(C)C. The van der Waals surface area contributed by atoms with Crippen LogP contribution in [-0.2, 0) is 12.1 Å². The van der Waals surface area contributed by atoms with Crippen LogP contribution in [0.1, 0.15) is 51.3 Å². The van der Waals surface area contributed by atoms with E-state index in [1.54, 1.807) is 0 Å². The summed E-state index contributed by atoms with van der Waals surface area (Å²) in [7, 11) is 2.09. The summed E-state index contributed by atoms with van der Waals surface area (Å²) in [6.45, 7) is 13.7. The molecule has 0 saturated heterocycles. The van der Waals surface area contributed by atoms with Gasteiger partial charge in [0.2, 0.25) is 0 Å². The zero-order valence-electron chi connectivity index (χ0n) is 15.7. The van der Waals surface area contributed by atoms with E-state index in [9.17, 15) is 5.11 Å². The Balaban J connectivity index is 2.77. The van der Waals surface area contributed by atoms with Crippen LogP contribution in [0.25, 0.3) is 0 Å². The molecule has 1 rings (SSSR count). The van der Waals surface area contributed by atoms with Crippen molar-refractivity contribution < 1.29 is 5.11 Å². The summed E-state index contributed by atoms with van der Waals surface area (Å²) in [5, 5.41) is 10.4. The fraction of sp³-hybridized carbons (Fsp3) is 0.524. The third-order valence-electron chi connectivity index (χ3n) is 3.56. The predicted molar refractivity (Wildman–Crippen MR) is 99.1 cm³/mol. The van der Waals surface area contributed by atoms with Gasteiger partial charge in [-0.2, -0.15) is 0 Å². The summed E-state index contributed by atoms with van der Waals surface area (Å²) in [5.41, 5.74) is 2.64. The van der Waals surface area contributed by atoms with E-state index in [0.29, 0.717) is 0 Å². The molecule has 0 bridgehead atoms. The van der Waals surface area contributed by atoms with Crippen LogP contribution in [0.15, 0.2) is 30.4 Å². The Kier molecular flexibility index (Phi) is 6.62. The molecular weight excluding hydrogens is 282 g/mol. The third kappa shape index (κ3) is 7.03. The fourth-order valence-electron chi connectivity index (χ4n) is 2.37. The Labute approximate surface area is 142 Å². The Morgan fingerprint density at radius 3 is 2.39 bits per heavy atom. The Hall–Kier alpha value is -1.56. The first-order valence-corrected chi connectivity index (χ1v) is 8.18. The number of aliphatic hydroxyl groups is 1. The van der Waals surface area contributed by atoms with Gasteiger partial charge in [0, 0.05) is 18.5 Å². The van der Waals surface area contributed by atoms with Crippen molar-refractivity contribution in [1.29, 1.82) is 0 Å². The van der Waals surface area contributed by atoms with E-state index in [2.05, 4.69) is 63.6 Å². The molecule has 23 heavy (non-hydrogen) atoms. The highest BCUT2D eigenvalue weighted by Gasteiger charge is 2.21. The van der Waals surface area contributed by atoms with Crippen molar-refractivity contribution in [3.05, 3.63) is 47.0 Å². The molecule has 0 aliphatic carbocycles. The van der Waals surface area contributed by atoms with Gasteiger partial charge in [-0.1, -0.05) is 36.1 Å². The van der Waals surface area contributed by atoms with Crippen LogP contribution in [0.2, 0.25) is 0 Å². The maximum absolute atomic E-state index is 10.4. The van der Waals surface area contributed by atoms with Gasteiger partial charge in [-0.3, -0.25) is 4.90 Å². The van der Waals surface area contributed by atoms with Crippen molar-refractivity contribution >= 4 is 0 Å². The first-order valence-electron chi connectivity index (χ1n) is 8.18. The van der Waals surface area contributed by atoms with Gasteiger partial charge in [0.25, 0.3) is 0 Å². The minimum atomic E-state index is -0.823. The molecule has 1 aromatic rings. The van der Waals surface area contributed by atoms with Crippen molar-refractivity contribution in [1.82, 2.24) is 4.90 Å². The van der Waals surface area contributed by atoms with Crippen LogP contribution in [0.3, 0.4) is 0 Å². The monoisotopic (exact) mass is 313 g/mol. The number of allylic oxidation sites excluding steroid dienone is 1. The molecule has 1 aromatic carbocycles. The Bertz CT molecular complexity index is 603. The minimum Gasteiger partial charge on any atom is -0.386 e. The molecule has 0 fully saturated rings. The normalized spacial score (nSPS) is 12.6. The largest absolute Gasteiger partial charge is 0.386 e. The minimum absolute atomic E-state index is 0.0407. The molecule has 0 unspecified atom stereocenters. The number of rotatable bonds is 5. The molecule has 0 aliphatic rings. The highest BCUT2D eigenvalue weighted by Crippen LogP contribution is 2.26. The van der Waals surface area contributed by atoms with E-state index < -0.39 is 5.60 Å². The van der Waals surface area contributed by atoms with E-state index in [4.69, 9.17) is 0 Å².